The Labute approximate surface area is 192 Å². The van der Waals surface area contributed by atoms with E-state index in [1.54, 1.807) is 18.0 Å². The molecule has 0 saturated carbocycles. The molecule has 0 unspecified atom stereocenters. The Kier molecular flexibility index (Phi) is 7.37. The minimum atomic E-state index is -0.458. The average Bonchev–Trinajstić information content (AvgIpc) is 3.23. The van der Waals surface area contributed by atoms with Gasteiger partial charge in [-0.25, -0.2) is 4.79 Å². The Morgan fingerprint density at radius 1 is 1.06 bits per heavy atom. The molecule has 33 heavy (non-hydrogen) atoms. The number of hydrogen-bond donors (Lipinski definition) is 2. The predicted octanol–water partition coefficient (Wildman–Crippen LogP) is 3.31. The molecule has 0 atom stereocenters. The van der Waals surface area contributed by atoms with Crippen LogP contribution in [0.15, 0.2) is 36.4 Å². The molecule has 3 rings (SSSR count). The number of phenolic OH excluding ortho intramolecular Hbond substituents is 2. The van der Waals surface area contributed by atoms with E-state index in [4.69, 9.17) is 0 Å². The molecule has 0 aromatic heterocycles. The summed E-state index contributed by atoms with van der Waals surface area (Å²) in [6.07, 6.45) is 4.69. The molecule has 174 valence electrons. The number of ether oxygens (including phenoxy) is 1. The normalized spacial score (nSPS) is 12.6. The van der Waals surface area contributed by atoms with E-state index < -0.39 is 17.8 Å². The van der Waals surface area contributed by atoms with Crippen molar-refractivity contribution in [2.45, 2.75) is 32.9 Å². The van der Waals surface area contributed by atoms with Crippen LogP contribution in [0.1, 0.15) is 57.2 Å². The van der Waals surface area contributed by atoms with Gasteiger partial charge in [0.15, 0.2) is 0 Å². The van der Waals surface area contributed by atoms with Gasteiger partial charge in [-0.3, -0.25) is 9.59 Å². The van der Waals surface area contributed by atoms with Gasteiger partial charge in [0, 0.05) is 38.8 Å². The molecule has 1 aliphatic heterocycles. The second-order valence-electron chi connectivity index (χ2n) is 8.01. The summed E-state index contributed by atoms with van der Waals surface area (Å²) in [5, 5.41) is 20.5. The molecule has 2 aromatic carbocycles. The fourth-order valence-electron chi connectivity index (χ4n) is 3.69. The fraction of sp³-hybridized carbons (Fsp3) is 0.320. The molecular weight excluding hydrogens is 424 g/mol. The second-order valence-corrected chi connectivity index (χ2v) is 8.01. The molecule has 2 amide bonds. The maximum absolute atomic E-state index is 13.2. The Morgan fingerprint density at radius 3 is 2.45 bits per heavy atom. The lowest BCUT2D eigenvalue weighted by atomic mass is 10.1. The molecule has 1 heterocycles. The number of hydrogen-bond acceptors (Lipinski definition) is 6. The smallest absolute Gasteiger partial charge is 0.330 e. The molecule has 0 radical (unpaired) electrons. The summed E-state index contributed by atoms with van der Waals surface area (Å²) in [7, 11) is 2.94. The molecule has 8 heteroatoms. The number of amides is 2. The maximum atomic E-state index is 13.2. The Morgan fingerprint density at radius 2 is 1.76 bits per heavy atom. The minimum Gasteiger partial charge on any atom is -0.507 e. The summed E-state index contributed by atoms with van der Waals surface area (Å²) in [5.41, 5.74) is 2.60. The van der Waals surface area contributed by atoms with Crippen molar-refractivity contribution in [3.63, 3.8) is 0 Å². The van der Waals surface area contributed by atoms with Crippen LogP contribution >= 0.6 is 0 Å². The van der Waals surface area contributed by atoms with Crippen LogP contribution in [0, 0.1) is 0 Å². The van der Waals surface area contributed by atoms with E-state index in [0.717, 1.165) is 35.6 Å². The molecule has 0 bridgehead atoms. The monoisotopic (exact) mass is 452 g/mol. The summed E-state index contributed by atoms with van der Waals surface area (Å²) in [6, 6.07) is 7.90. The largest absolute Gasteiger partial charge is 0.507 e. The zero-order valence-electron chi connectivity index (χ0n) is 19.0. The van der Waals surface area contributed by atoms with Crippen molar-refractivity contribution in [1.29, 1.82) is 0 Å². The highest BCUT2D eigenvalue weighted by Crippen LogP contribution is 2.32. The van der Waals surface area contributed by atoms with Gasteiger partial charge in [-0.05, 0) is 41.3 Å². The lowest BCUT2D eigenvalue weighted by molar-refractivity contribution is -0.134. The molecule has 2 aromatic rings. The molecule has 2 N–H and O–H groups in total. The summed E-state index contributed by atoms with van der Waals surface area (Å²) in [4.78, 5) is 40.3. The highest BCUT2D eigenvalue weighted by molar-refractivity contribution is 6.03. The van der Waals surface area contributed by atoms with Crippen molar-refractivity contribution in [2.75, 3.05) is 20.7 Å². The lowest BCUT2D eigenvalue weighted by Crippen LogP contribution is -2.29. The van der Waals surface area contributed by atoms with E-state index in [9.17, 15) is 24.6 Å². The zero-order chi connectivity index (χ0) is 24.1. The van der Waals surface area contributed by atoms with Gasteiger partial charge < -0.3 is 24.7 Å². The first kappa shape index (κ1) is 23.8. The number of carbonyl (C=O) groups excluding carboxylic acids is 3. The van der Waals surface area contributed by atoms with E-state index >= 15 is 0 Å². The van der Waals surface area contributed by atoms with E-state index in [2.05, 4.69) is 4.74 Å². The fourth-order valence-corrected chi connectivity index (χ4v) is 3.69. The third-order valence-electron chi connectivity index (χ3n) is 5.62. The van der Waals surface area contributed by atoms with Crippen molar-refractivity contribution >= 4 is 23.9 Å². The van der Waals surface area contributed by atoms with E-state index in [0.29, 0.717) is 19.6 Å². The third-order valence-corrected chi connectivity index (χ3v) is 5.62. The number of carbonyl (C=O) groups is 3. The zero-order valence-corrected chi connectivity index (χ0v) is 19.0. The van der Waals surface area contributed by atoms with E-state index in [-0.39, 0.29) is 22.6 Å². The number of fused-ring (bicyclic) bond motifs is 1. The van der Waals surface area contributed by atoms with Crippen LogP contribution in [0.2, 0.25) is 0 Å². The van der Waals surface area contributed by atoms with Gasteiger partial charge in [-0.15, -0.1) is 0 Å². The Bertz CT molecular complexity index is 1110. The van der Waals surface area contributed by atoms with Crippen molar-refractivity contribution in [2.24, 2.45) is 0 Å². The van der Waals surface area contributed by atoms with Gasteiger partial charge in [-0.2, -0.15) is 0 Å². The SMILES string of the molecule is CCCCN(C)C(=O)c1cc(C(=O)N2Cc3ccc(/C=C/C(=O)OC)cc3C2)c(O)cc1O. The molecule has 0 aliphatic carbocycles. The Balaban J connectivity index is 1.81. The van der Waals surface area contributed by atoms with Crippen LogP contribution < -0.4 is 0 Å². The maximum Gasteiger partial charge on any atom is 0.330 e. The van der Waals surface area contributed by atoms with Gasteiger partial charge in [0.2, 0.25) is 0 Å². The third kappa shape index (κ3) is 5.34. The number of nitrogens with zero attached hydrogens (tertiary/aromatic N) is 2. The topological polar surface area (TPSA) is 107 Å². The van der Waals surface area contributed by atoms with E-state index in [1.165, 1.54) is 24.2 Å². The predicted molar refractivity (Wildman–Crippen MR) is 123 cm³/mol. The van der Waals surface area contributed by atoms with Gasteiger partial charge in [0.1, 0.15) is 11.5 Å². The van der Waals surface area contributed by atoms with Crippen LogP contribution in [-0.4, -0.2) is 58.5 Å². The van der Waals surface area contributed by atoms with E-state index in [1.807, 2.05) is 25.1 Å². The standard InChI is InChI=1S/C25H28N2O6/c1-4-5-10-26(2)24(31)19-12-20(22(29)13-21(19)28)25(32)27-14-17-8-6-16(11-18(17)15-27)7-9-23(30)33-3/h6-9,11-13,28-29H,4-5,10,14-15H2,1-3H3/b9-7+. The average molecular weight is 453 g/mol. The highest BCUT2D eigenvalue weighted by atomic mass is 16.5. The number of benzene rings is 2. The molecular formula is C25H28N2O6. The van der Waals surface area contributed by atoms with Gasteiger partial charge in [0.25, 0.3) is 11.8 Å². The van der Waals surface area contributed by atoms with Crippen molar-refractivity contribution in [1.82, 2.24) is 9.80 Å². The molecule has 0 saturated heterocycles. The van der Waals surface area contributed by atoms with Gasteiger partial charge in [0.05, 0.1) is 18.2 Å². The first-order chi connectivity index (χ1) is 15.7. The van der Waals surface area contributed by atoms with Crippen molar-refractivity contribution in [3.8, 4) is 11.5 Å². The lowest BCUT2D eigenvalue weighted by Gasteiger charge is -2.20. The van der Waals surface area contributed by atoms with Crippen molar-refractivity contribution in [3.05, 3.63) is 64.2 Å². The molecule has 8 nitrogen and oxygen atoms in total. The highest BCUT2D eigenvalue weighted by Gasteiger charge is 2.28. The Hall–Kier alpha value is -3.81. The number of aromatic hydroxyl groups is 2. The van der Waals surface area contributed by atoms with Crippen LogP contribution in [0.3, 0.4) is 0 Å². The van der Waals surface area contributed by atoms with Crippen LogP contribution in [0.5, 0.6) is 11.5 Å². The number of esters is 1. The number of phenols is 2. The van der Waals surface area contributed by atoms with Crippen LogP contribution in [0.25, 0.3) is 6.08 Å². The molecule has 0 fully saturated rings. The summed E-state index contributed by atoms with van der Waals surface area (Å²) in [6.45, 7) is 3.19. The summed E-state index contributed by atoms with van der Waals surface area (Å²) in [5.74, 6) is -2.07. The second kappa shape index (κ2) is 10.2. The first-order valence-electron chi connectivity index (χ1n) is 10.7. The minimum absolute atomic E-state index is 0.0262. The van der Waals surface area contributed by atoms with Crippen LogP contribution in [0.4, 0.5) is 0 Å². The van der Waals surface area contributed by atoms with Crippen molar-refractivity contribution < 1.29 is 29.3 Å². The van der Waals surface area contributed by atoms with Gasteiger partial charge in [-0.1, -0.05) is 25.5 Å². The molecule has 1 aliphatic rings. The summed E-state index contributed by atoms with van der Waals surface area (Å²) < 4.78 is 4.59. The quantitative estimate of drug-likeness (QED) is 0.493. The first-order valence-corrected chi connectivity index (χ1v) is 10.7. The number of rotatable bonds is 7. The van der Waals surface area contributed by atoms with Gasteiger partial charge >= 0.3 is 5.97 Å². The van der Waals surface area contributed by atoms with Crippen LogP contribution in [-0.2, 0) is 22.6 Å². The number of methoxy groups -OCH3 is 1. The molecule has 0 spiro atoms. The summed E-state index contributed by atoms with van der Waals surface area (Å²) >= 11 is 0. The number of unbranched alkanes of at least 4 members (excludes halogenated alkanes) is 1.